The number of hydrogen-bond acceptors (Lipinski definition) is 5. The van der Waals surface area contributed by atoms with E-state index in [9.17, 15) is 0 Å². The lowest BCUT2D eigenvalue weighted by Gasteiger charge is -2.23. The van der Waals surface area contributed by atoms with Gasteiger partial charge in [-0.05, 0) is 23.6 Å². The molecule has 1 unspecified atom stereocenters. The van der Waals surface area contributed by atoms with Gasteiger partial charge < -0.3 is 15.8 Å². The predicted octanol–water partition coefficient (Wildman–Crippen LogP) is 3.53. The summed E-state index contributed by atoms with van der Waals surface area (Å²) >= 11 is 5.91. The Hall–Kier alpha value is -2.01. The second kappa shape index (κ2) is 6.63. The van der Waals surface area contributed by atoms with Crippen LogP contribution in [0.3, 0.4) is 0 Å². The first-order chi connectivity index (χ1) is 9.99. The third-order valence-electron chi connectivity index (χ3n) is 3.16. The van der Waals surface area contributed by atoms with Gasteiger partial charge in [-0.3, -0.25) is 0 Å². The second-order valence-corrected chi connectivity index (χ2v) is 5.46. The standard InChI is InChI=1S/C15H19ClN4O/c1-9(2)14(10-4-6-11(21-3)7-5-10)19-13-8-12(16)18-15(17)20-13/h4-9,14H,1-3H3,(H3,17,18,19,20). The molecule has 0 aliphatic rings. The summed E-state index contributed by atoms with van der Waals surface area (Å²) in [4.78, 5) is 8.02. The molecular weight excluding hydrogens is 288 g/mol. The van der Waals surface area contributed by atoms with Gasteiger partial charge in [-0.25, -0.2) is 4.98 Å². The monoisotopic (exact) mass is 306 g/mol. The Morgan fingerprint density at radius 2 is 1.86 bits per heavy atom. The van der Waals surface area contributed by atoms with Gasteiger partial charge in [0.15, 0.2) is 0 Å². The number of hydrogen-bond donors (Lipinski definition) is 2. The molecule has 0 saturated heterocycles. The minimum atomic E-state index is 0.0845. The third-order valence-corrected chi connectivity index (χ3v) is 3.35. The Balaban J connectivity index is 2.26. The number of nitrogens with one attached hydrogen (secondary N) is 1. The van der Waals surface area contributed by atoms with Crippen LogP contribution in [-0.2, 0) is 0 Å². The van der Waals surface area contributed by atoms with Crippen molar-refractivity contribution in [2.45, 2.75) is 19.9 Å². The van der Waals surface area contributed by atoms with E-state index in [-0.39, 0.29) is 12.0 Å². The van der Waals surface area contributed by atoms with Gasteiger partial charge >= 0.3 is 0 Å². The molecule has 21 heavy (non-hydrogen) atoms. The highest BCUT2D eigenvalue weighted by Crippen LogP contribution is 2.28. The molecule has 0 bridgehead atoms. The van der Waals surface area contributed by atoms with Gasteiger partial charge in [0.05, 0.1) is 13.2 Å². The number of nitrogens with zero attached hydrogens (tertiary/aromatic N) is 2. The first-order valence-electron chi connectivity index (χ1n) is 6.70. The van der Waals surface area contributed by atoms with Crippen molar-refractivity contribution in [2.24, 2.45) is 5.92 Å². The molecule has 1 atom stereocenters. The van der Waals surface area contributed by atoms with Crippen molar-refractivity contribution in [2.75, 3.05) is 18.2 Å². The highest BCUT2D eigenvalue weighted by molar-refractivity contribution is 6.29. The van der Waals surface area contributed by atoms with Crippen LogP contribution in [0.25, 0.3) is 0 Å². The Bertz CT molecular complexity index is 581. The summed E-state index contributed by atoms with van der Waals surface area (Å²) < 4.78 is 5.18. The molecule has 0 spiro atoms. The molecule has 5 nitrogen and oxygen atoms in total. The number of anilines is 2. The van der Waals surface area contributed by atoms with E-state index in [0.717, 1.165) is 11.3 Å². The van der Waals surface area contributed by atoms with Gasteiger partial charge in [0.1, 0.15) is 16.7 Å². The highest BCUT2D eigenvalue weighted by atomic mass is 35.5. The maximum atomic E-state index is 5.91. The largest absolute Gasteiger partial charge is 0.497 e. The van der Waals surface area contributed by atoms with Crippen LogP contribution in [0.4, 0.5) is 11.8 Å². The molecular formula is C15H19ClN4O. The van der Waals surface area contributed by atoms with Crippen LogP contribution in [0.2, 0.25) is 5.15 Å². The number of benzene rings is 1. The normalized spacial score (nSPS) is 12.2. The lowest BCUT2D eigenvalue weighted by Crippen LogP contribution is -2.18. The van der Waals surface area contributed by atoms with Crippen molar-refractivity contribution in [3.8, 4) is 5.75 Å². The maximum absolute atomic E-state index is 5.91. The Kier molecular flexibility index (Phi) is 4.85. The number of nitrogen functional groups attached to an aromatic ring is 1. The molecule has 112 valence electrons. The molecule has 0 aliphatic carbocycles. The van der Waals surface area contributed by atoms with Crippen molar-refractivity contribution in [3.63, 3.8) is 0 Å². The predicted molar refractivity (Wildman–Crippen MR) is 85.7 cm³/mol. The van der Waals surface area contributed by atoms with E-state index in [1.165, 1.54) is 0 Å². The molecule has 0 radical (unpaired) electrons. The van der Waals surface area contributed by atoms with Crippen molar-refractivity contribution in [1.82, 2.24) is 9.97 Å². The van der Waals surface area contributed by atoms with Gasteiger partial charge in [0.2, 0.25) is 5.95 Å². The number of aromatic nitrogens is 2. The number of methoxy groups -OCH3 is 1. The third kappa shape index (κ3) is 3.98. The number of rotatable bonds is 5. The SMILES string of the molecule is COc1ccc(C(Nc2cc(Cl)nc(N)n2)C(C)C)cc1. The zero-order valence-corrected chi connectivity index (χ0v) is 13.1. The molecule has 2 rings (SSSR count). The molecule has 0 aliphatic heterocycles. The Morgan fingerprint density at radius 1 is 1.19 bits per heavy atom. The smallest absolute Gasteiger partial charge is 0.223 e. The lowest BCUT2D eigenvalue weighted by molar-refractivity contribution is 0.414. The van der Waals surface area contributed by atoms with E-state index in [2.05, 4.69) is 29.1 Å². The van der Waals surface area contributed by atoms with Crippen molar-refractivity contribution in [1.29, 1.82) is 0 Å². The highest BCUT2D eigenvalue weighted by Gasteiger charge is 2.17. The quantitative estimate of drug-likeness (QED) is 0.827. The Morgan fingerprint density at radius 3 is 2.38 bits per heavy atom. The van der Waals surface area contributed by atoms with Gasteiger partial charge in [-0.2, -0.15) is 4.98 Å². The molecule has 6 heteroatoms. The number of nitrogens with two attached hydrogens (primary N) is 1. The maximum Gasteiger partial charge on any atom is 0.223 e. The fourth-order valence-corrected chi connectivity index (χ4v) is 2.30. The summed E-state index contributed by atoms with van der Waals surface area (Å²) in [5.74, 6) is 1.95. The van der Waals surface area contributed by atoms with Crippen molar-refractivity contribution < 1.29 is 4.74 Å². The van der Waals surface area contributed by atoms with E-state index in [4.69, 9.17) is 22.1 Å². The first kappa shape index (κ1) is 15.4. The molecule has 0 amide bonds. The lowest BCUT2D eigenvalue weighted by atomic mass is 9.96. The van der Waals surface area contributed by atoms with E-state index in [1.54, 1.807) is 13.2 Å². The molecule has 1 heterocycles. The fraction of sp³-hybridized carbons (Fsp3) is 0.333. The molecule has 3 N–H and O–H groups in total. The van der Waals surface area contributed by atoms with Crippen LogP contribution >= 0.6 is 11.6 Å². The molecule has 2 aromatic rings. The average Bonchev–Trinajstić information content (AvgIpc) is 2.43. The van der Waals surface area contributed by atoms with E-state index >= 15 is 0 Å². The van der Waals surface area contributed by atoms with Gasteiger partial charge in [0.25, 0.3) is 0 Å². The second-order valence-electron chi connectivity index (χ2n) is 5.07. The molecule has 0 saturated carbocycles. The topological polar surface area (TPSA) is 73.1 Å². The fourth-order valence-electron chi connectivity index (χ4n) is 2.11. The van der Waals surface area contributed by atoms with Crippen LogP contribution in [0, 0.1) is 5.92 Å². The van der Waals surface area contributed by atoms with Crippen LogP contribution < -0.4 is 15.8 Å². The minimum Gasteiger partial charge on any atom is -0.497 e. The summed E-state index contributed by atoms with van der Waals surface area (Å²) in [5, 5.41) is 3.68. The summed E-state index contributed by atoms with van der Waals surface area (Å²) in [6.45, 7) is 4.27. The van der Waals surface area contributed by atoms with Crippen LogP contribution in [0.5, 0.6) is 5.75 Å². The summed E-state index contributed by atoms with van der Waals surface area (Å²) in [7, 11) is 1.65. The zero-order valence-electron chi connectivity index (χ0n) is 12.3. The van der Waals surface area contributed by atoms with Crippen LogP contribution in [0.15, 0.2) is 30.3 Å². The average molecular weight is 307 g/mol. The molecule has 1 aromatic heterocycles. The van der Waals surface area contributed by atoms with Crippen LogP contribution in [0.1, 0.15) is 25.5 Å². The summed E-state index contributed by atoms with van der Waals surface area (Å²) in [6.07, 6.45) is 0. The summed E-state index contributed by atoms with van der Waals surface area (Å²) in [6, 6.07) is 9.69. The minimum absolute atomic E-state index is 0.0845. The number of ether oxygens (including phenoxy) is 1. The van der Waals surface area contributed by atoms with Crippen molar-refractivity contribution in [3.05, 3.63) is 41.0 Å². The zero-order chi connectivity index (χ0) is 15.4. The van der Waals surface area contributed by atoms with Crippen molar-refractivity contribution >= 4 is 23.4 Å². The van der Waals surface area contributed by atoms with Crippen LogP contribution in [-0.4, -0.2) is 17.1 Å². The number of halogens is 1. The van der Waals surface area contributed by atoms with Gasteiger partial charge in [0, 0.05) is 6.07 Å². The van der Waals surface area contributed by atoms with Gasteiger partial charge in [-0.15, -0.1) is 0 Å². The van der Waals surface area contributed by atoms with E-state index in [0.29, 0.717) is 16.9 Å². The van der Waals surface area contributed by atoms with E-state index < -0.39 is 0 Å². The Labute approximate surface area is 129 Å². The molecule has 1 aromatic carbocycles. The summed E-state index contributed by atoms with van der Waals surface area (Å²) in [5.41, 5.74) is 6.76. The molecule has 0 fully saturated rings. The first-order valence-corrected chi connectivity index (χ1v) is 7.08. The van der Waals surface area contributed by atoms with Gasteiger partial charge in [-0.1, -0.05) is 37.6 Å². The van der Waals surface area contributed by atoms with E-state index in [1.807, 2.05) is 24.3 Å².